The highest BCUT2D eigenvalue weighted by molar-refractivity contribution is 6.17. The van der Waals surface area contributed by atoms with Gasteiger partial charge in [-0.2, -0.15) is 0 Å². The molecule has 0 atom stereocenters. The summed E-state index contributed by atoms with van der Waals surface area (Å²) < 4.78 is 0. The highest BCUT2D eigenvalue weighted by atomic mass is 35.5. The van der Waals surface area contributed by atoms with E-state index in [2.05, 4.69) is 13.8 Å². The predicted octanol–water partition coefficient (Wildman–Crippen LogP) is 5.39. The van der Waals surface area contributed by atoms with E-state index in [0.29, 0.717) is 0 Å². The third-order valence-corrected chi connectivity index (χ3v) is 2.27. The van der Waals surface area contributed by atoms with Crippen LogP contribution >= 0.6 is 11.6 Å². The summed E-state index contributed by atoms with van der Waals surface area (Å²) in [6.07, 6.45) is 11.1. The molecule has 0 aromatic rings. The van der Waals surface area contributed by atoms with Gasteiger partial charge in [0.05, 0.1) is 0 Å². The van der Waals surface area contributed by atoms with Crippen molar-refractivity contribution >= 4 is 11.6 Å². The van der Waals surface area contributed by atoms with E-state index in [-0.39, 0.29) is 0 Å². The molecule has 0 rings (SSSR count). The lowest BCUT2D eigenvalue weighted by Gasteiger charge is -1.96. The Hall–Kier alpha value is 0.290. The average Bonchev–Trinajstić information content (AvgIpc) is 2.18. The second kappa shape index (κ2) is 18.2. The summed E-state index contributed by atoms with van der Waals surface area (Å²) in [5.41, 5.74) is 0. The minimum absolute atomic E-state index is 0.792. The first-order valence-corrected chi connectivity index (χ1v) is 6.42. The Morgan fingerprint density at radius 2 is 0.923 bits per heavy atom. The van der Waals surface area contributed by atoms with Crippen LogP contribution in [0.1, 0.15) is 72.1 Å². The van der Waals surface area contributed by atoms with Crippen LogP contribution in [0, 0.1) is 0 Å². The molecule has 0 aliphatic rings. The maximum Gasteiger partial charge on any atom is 0.0220 e. The molecule has 0 fully saturated rings. The summed E-state index contributed by atoms with van der Waals surface area (Å²) in [6.45, 7) is 6.58. The van der Waals surface area contributed by atoms with Crippen LogP contribution in [0.2, 0.25) is 0 Å². The first kappa shape index (κ1) is 15.7. The maximum atomic E-state index is 5.19. The monoisotopic (exact) mass is 206 g/mol. The van der Waals surface area contributed by atoms with Crippen molar-refractivity contribution in [2.75, 3.05) is 5.88 Å². The summed E-state index contributed by atoms with van der Waals surface area (Å²) >= 11 is 5.19. The number of unbranched alkanes of at least 4 members (excludes halogenated alkanes) is 6. The Morgan fingerprint density at radius 3 is 1.15 bits per heavy atom. The van der Waals surface area contributed by atoms with Crippen molar-refractivity contribution < 1.29 is 0 Å². The van der Waals surface area contributed by atoms with Crippen LogP contribution in [-0.4, -0.2) is 5.88 Å². The summed E-state index contributed by atoms with van der Waals surface area (Å²) in [7, 11) is 0. The Labute approximate surface area is 90.1 Å². The van der Waals surface area contributed by atoms with Gasteiger partial charge < -0.3 is 0 Å². The van der Waals surface area contributed by atoms with E-state index in [0.717, 1.165) is 12.3 Å². The van der Waals surface area contributed by atoms with E-state index in [1.807, 2.05) is 6.92 Å². The van der Waals surface area contributed by atoms with Crippen LogP contribution in [0.5, 0.6) is 0 Å². The number of alkyl halides is 1. The van der Waals surface area contributed by atoms with Gasteiger partial charge >= 0.3 is 0 Å². The molecule has 0 nitrogen and oxygen atoms in total. The van der Waals surface area contributed by atoms with E-state index < -0.39 is 0 Å². The zero-order valence-corrected chi connectivity index (χ0v) is 10.5. The van der Waals surface area contributed by atoms with Crippen LogP contribution in [-0.2, 0) is 0 Å². The van der Waals surface area contributed by atoms with E-state index in [9.17, 15) is 0 Å². The lowest BCUT2D eigenvalue weighted by atomic mass is 10.1. The second-order valence-corrected chi connectivity index (χ2v) is 3.83. The molecule has 0 spiro atoms. The minimum atomic E-state index is 0.792. The third-order valence-electron chi connectivity index (χ3n) is 1.90. The molecule has 82 valence electrons. The Kier molecular flexibility index (Phi) is 22.0. The van der Waals surface area contributed by atoms with E-state index >= 15 is 0 Å². The van der Waals surface area contributed by atoms with Crippen molar-refractivity contribution in [2.45, 2.75) is 72.1 Å². The molecule has 0 bridgehead atoms. The maximum absolute atomic E-state index is 5.19. The SMILES string of the molecule is CCCCCCCCC.CCCCl. The Morgan fingerprint density at radius 1 is 0.615 bits per heavy atom. The van der Waals surface area contributed by atoms with Crippen LogP contribution in [0.4, 0.5) is 0 Å². The van der Waals surface area contributed by atoms with E-state index in [4.69, 9.17) is 11.6 Å². The summed E-state index contributed by atoms with van der Waals surface area (Å²) in [6, 6.07) is 0. The number of hydrogen-bond acceptors (Lipinski definition) is 0. The number of halogens is 1. The van der Waals surface area contributed by atoms with Crippen molar-refractivity contribution in [1.29, 1.82) is 0 Å². The first-order chi connectivity index (χ1) is 6.33. The van der Waals surface area contributed by atoms with Crippen molar-refractivity contribution in [3.8, 4) is 0 Å². The molecule has 0 aromatic carbocycles. The standard InChI is InChI=1S/C9H20.C3H7Cl/c1-3-5-7-9-8-6-4-2;1-2-3-4/h3-9H2,1-2H3;2-3H2,1H3. The Bertz CT molecular complexity index is 54.1. The molecule has 0 amide bonds. The third kappa shape index (κ3) is 24.5. The van der Waals surface area contributed by atoms with Gasteiger partial charge in [-0.15, -0.1) is 11.6 Å². The fraction of sp³-hybridized carbons (Fsp3) is 1.00. The highest BCUT2D eigenvalue weighted by Gasteiger charge is 1.85. The van der Waals surface area contributed by atoms with Crippen LogP contribution in [0.3, 0.4) is 0 Å². The van der Waals surface area contributed by atoms with Crippen LogP contribution in [0.25, 0.3) is 0 Å². The van der Waals surface area contributed by atoms with Gasteiger partial charge in [-0.05, 0) is 6.42 Å². The van der Waals surface area contributed by atoms with Gasteiger partial charge in [-0.1, -0.05) is 65.7 Å². The van der Waals surface area contributed by atoms with Crippen molar-refractivity contribution in [2.24, 2.45) is 0 Å². The molecule has 0 aliphatic carbocycles. The quantitative estimate of drug-likeness (QED) is 0.387. The van der Waals surface area contributed by atoms with Crippen LogP contribution < -0.4 is 0 Å². The molecule has 13 heavy (non-hydrogen) atoms. The molecular formula is C12H27Cl. The average molecular weight is 207 g/mol. The zero-order valence-electron chi connectivity index (χ0n) is 9.74. The van der Waals surface area contributed by atoms with Gasteiger partial charge in [0.2, 0.25) is 0 Å². The second-order valence-electron chi connectivity index (χ2n) is 3.46. The lowest BCUT2D eigenvalue weighted by Crippen LogP contribution is -1.76. The van der Waals surface area contributed by atoms with Crippen molar-refractivity contribution in [3.63, 3.8) is 0 Å². The molecule has 0 aliphatic heterocycles. The highest BCUT2D eigenvalue weighted by Crippen LogP contribution is 2.05. The van der Waals surface area contributed by atoms with Crippen molar-refractivity contribution in [1.82, 2.24) is 0 Å². The molecule has 0 saturated carbocycles. The van der Waals surface area contributed by atoms with Gasteiger partial charge in [-0.3, -0.25) is 0 Å². The first-order valence-electron chi connectivity index (χ1n) is 5.89. The fourth-order valence-corrected chi connectivity index (χ4v) is 1.03. The number of rotatable bonds is 7. The molecule has 0 unspecified atom stereocenters. The summed E-state index contributed by atoms with van der Waals surface area (Å²) in [4.78, 5) is 0. The molecule has 0 radical (unpaired) electrons. The lowest BCUT2D eigenvalue weighted by molar-refractivity contribution is 0.602. The van der Waals surface area contributed by atoms with E-state index in [1.165, 1.54) is 44.9 Å². The fourth-order valence-electron chi connectivity index (χ4n) is 1.03. The summed E-state index contributed by atoms with van der Waals surface area (Å²) in [5, 5.41) is 0. The zero-order chi connectivity index (χ0) is 10.4. The number of hydrogen-bond donors (Lipinski definition) is 0. The topological polar surface area (TPSA) is 0 Å². The smallest absolute Gasteiger partial charge is 0.0220 e. The summed E-state index contributed by atoms with van der Waals surface area (Å²) in [5.74, 6) is 0.792. The molecular weight excluding hydrogens is 180 g/mol. The largest absolute Gasteiger partial charge is 0.127 e. The molecule has 0 heterocycles. The van der Waals surface area contributed by atoms with Crippen LogP contribution in [0.15, 0.2) is 0 Å². The van der Waals surface area contributed by atoms with Gasteiger partial charge in [-0.25, -0.2) is 0 Å². The molecule has 0 N–H and O–H groups in total. The normalized spacial score (nSPS) is 9.23. The Balaban J connectivity index is 0. The van der Waals surface area contributed by atoms with Gasteiger partial charge in [0.15, 0.2) is 0 Å². The van der Waals surface area contributed by atoms with Gasteiger partial charge in [0.1, 0.15) is 0 Å². The minimum Gasteiger partial charge on any atom is -0.127 e. The molecule has 0 aromatic heterocycles. The molecule has 0 saturated heterocycles. The predicted molar refractivity (Wildman–Crippen MR) is 64.7 cm³/mol. The van der Waals surface area contributed by atoms with E-state index in [1.54, 1.807) is 0 Å². The van der Waals surface area contributed by atoms with Gasteiger partial charge in [0, 0.05) is 5.88 Å². The van der Waals surface area contributed by atoms with Crippen molar-refractivity contribution in [3.05, 3.63) is 0 Å². The van der Waals surface area contributed by atoms with Gasteiger partial charge in [0.25, 0.3) is 0 Å². The molecule has 1 heteroatoms.